The van der Waals surface area contributed by atoms with Gasteiger partial charge in [-0.05, 0) is 20.8 Å². The lowest BCUT2D eigenvalue weighted by atomic mass is 10.1. The summed E-state index contributed by atoms with van der Waals surface area (Å²) in [6.45, 7) is 5.65. The molecule has 0 aliphatic carbocycles. The van der Waals surface area contributed by atoms with Crippen molar-refractivity contribution in [1.29, 1.82) is 0 Å². The summed E-state index contributed by atoms with van der Waals surface area (Å²) < 4.78 is 4.73. The summed E-state index contributed by atoms with van der Waals surface area (Å²) in [5.74, 6) is 0. The lowest BCUT2D eigenvalue weighted by Gasteiger charge is -2.24. The van der Waals surface area contributed by atoms with Crippen LogP contribution in [0.25, 0.3) is 0 Å². The molecule has 12 heavy (non-hydrogen) atoms. The van der Waals surface area contributed by atoms with Crippen molar-refractivity contribution in [3.8, 4) is 0 Å². The molecule has 4 nitrogen and oxygen atoms in total. The first-order chi connectivity index (χ1) is 5.37. The molecule has 0 rings (SSSR count). The minimum absolute atomic E-state index is 0.270. The molecule has 0 aromatic carbocycles. The molecule has 0 aliphatic rings. The summed E-state index contributed by atoms with van der Waals surface area (Å²) in [6, 6.07) is 0. The van der Waals surface area contributed by atoms with Crippen molar-refractivity contribution >= 4 is 6.09 Å². The Morgan fingerprint density at radius 1 is 1.58 bits per heavy atom. The highest BCUT2D eigenvalue weighted by molar-refractivity contribution is 5.67. The Morgan fingerprint density at radius 2 is 2.08 bits per heavy atom. The van der Waals surface area contributed by atoms with Gasteiger partial charge in [-0.15, -0.1) is 0 Å². The van der Waals surface area contributed by atoms with Gasteiger partial charge in [0.15, 0.2) is 0 Å². The zero-order valence-corrected chi connectivity index (χ0v) is 8.13. The number of aliphatic hydroxyl groups is 1. The normalized spacial score (nSPS) is 11.1. The van der Waals surface area contributed by atoms with Gasteiger partial charge in [-0.1, -0.05) is 0 Å². The minimum Gasteiger partial charge on any atom is -0.450 e. The maximum absolute atomic E-state index is 11.0. The van der Waals surface area contributed by atoms with Gasteiger partial charge in [-0.25, -0.2) is 4.79 Å². The third-order valence-corrected chi connectivity index (χ3v) is 1.20. The first-order valence-electron chi connectivity index (χ1n) is 3.97. The van der Waals surface area contributed by atoms with Crippen LogP contribution in [0.4, 0.5) is 4.79 Å². The van der Waals surface area contributed by atoms with Crippen LogP contribution in [0.5, 0.6) is 0 Å². The standard InChI is InChI=1S/C8H17NO3/c1-5-12-7(10)9(4)6-8(2,3)11/h11H,5-6H2,1-4H3. The van der Waals surface area contributed by atoms with E-state index < -0.39 is 11.7 Å². The molecule has 1 N–H and O–H groups in total. The molecule has 72 valence electrons. The second-order valence-corrected chi connectivity index (χ2v) is 3.37. The molecule has 0 fully saturated rings. The topological polar surface area (TPSA) is 49.8 Å². The average Bonchev–Trinajstić information content (AvgIpc) is 1.84. The number of carbonyl (C=O) groups excluding carboxylic acids is 1. The van der Waals surface area contributed by atoms with Gasteiger partial charge in [0.1, 0.15) is 0 Å². The fraction of sp³-hybridized carbons (Fsp3) is 0.875. The van der Waals surface area contributed by atoms with E-state index in [1.54, 1.807) is 27.8 Å². The van der Waals surface area contributed by atoms with Crippen LogP contribution in [-0.4, -0.2) is 41.9 Å². The highest BCUT2D eigenvalue weighted by Gasteiger charge is 2.19. The number of hydrogen-bond donors (Lipinski definition) is 1. The first kappa shape index (κ1) is 11.2. The van der Waals surface area contributed by atoms with Gasteiger partial charge < -0.3 is 14.7 Å². The lowest BCUT2D eigenvalue weighted by molar-refractivity contribution is 0.0368. The number of ether oxygens (including phenoxy) is 1. The second-order valence-electron chi connectivity index (χ2n) is 3.37. The quantitative estimate of drug-likeness (QED) is 0.691. The minimum atomic E-state index is -0.874. The van der Waals surface area contributed by atoms with E-state index in [1.807, 2.05) is 0 Å². The highest BCUT2D eigenvalue weighted by Crippen LogP contribution is 2.03. The molecule has 0 aromatic rings. The number of nitrogens with zero attached hydrogens (tertiary/aromatic N) is 1. The molecule has 0 aliphatic heterocycles. The maximum atomic E-state index is 11.0. The van der Waals surface area contributed by atoms with Crippen LogP contribution in [0.15, 0.2) is 0 Å². The van der Waals surface area contributed by atoms with Crippen molar-refractivity contribution in [2.24, 2.45) is 0 Å². The zero-order valence-electron chi connectivity index (χ0n) is 8.13. The van der Waals surface area contributed by atoms with E-state index in [2.05, 4.69) is 0 Å². The van der Waals surface area contributed by atoms with Gasteiger partial charge in [-0.3, -0.25) is 0 Å². The molecule has 0 unspecified atom stereocenters. The summed E-state index contributed by atoms with van der Waals surface area (Å²) in [5.41, 5.74) is -0.874. The van der Waals surface area contributed by atoms with Crippen molar-refractivity contribution in [3.63, 3.8) is 0 Å². The van der Waals surface area contributed by atoms with Crippen molar-refractivity contribution < 1.29 is 14.6 Å². The fourth-order valence-corrected chi connectivity index (χ4v) is 0.879. The Morgan fingerprint density at radius 3 is 2.42 bits per heavy atom. The Kier molecular flexibility index (Phi) is 4.03. The van der Waals surface area contributed by atoms with Gasteiger partial charge in [-0.2, -0.15) is 0 Å². The molecule has 0 heterocycles. The van der Waals surface area contributed by atoms with Crippen LogP contribution in [0.3, 0.4) is 0 Å². The van der Waals surface area contributed by atoms with Gasteiger partial charge in [0, 0.05) is 7.05 Å². The maximum Gasteiger partial charge on any atom is 0.409 e. The summed E-state index contributed by atoms with van der Waals surface area (Å²) in [5, 5.41) is 9.36. The third-order valence-electron chi connectivity index (χ3n) is 1.20. The average molecular weight is 175 g/mol. The van der Waals surface area contributed by atoms with E-state index in [1.165, 1.54) is 4.90 Å². The van der Waals surface area contributed by atoms with Crippen LogP contribution in [0.1, 0.15) is 20.8 Å². The number of hydrogen-bond acceptors (Lipinski definition) is 3. The Labute approximate surface area is 73.1 Å². The number of likely N-dealkylation sites (N-methyl/N-ethyl adjacent to an activating group) is 1. The van der Waals surface area contributed by atoms with E-state index >= 15 is 0 Å². The van der Waals surface area contributed by atoms with E-state index in [4.69, 9.17) is 4.74 Å². The molecule has 0 bridgehead atoms. The summed E-state index contributed by atoms with van der Waals surface area (Å²) in [6.07, 6.45) is -0.403. The molecule has 0 saturated heterocycles. The van der Waals surface area contributed by atoms with Crippen LogP contribution in [-0.2, 0) is 4.74 Å². The molecule has 0 atom stereocenters. The van der Waals surface area contributed by atoms with Gasteiger partial charge in [0.2, 0.25) is 0 Å². The number of carbonyl (C=O) groups is 1. The van der Waals surface area contributed by atoms with E-state index in [9.17, 15) is 9.90 Å². The lowest BCUT2D eigenvalue weighted by Crippen LogP contribution is -2.39. The fourth-order valence-electron chi connectivity index (χ4n) is 0.879. The summed E-state index contributed by atoms with van der Waals surface area (Å²) >= 11 is 0. The highest BCUT2D eigenvalue weighted by atomic mass is 16.6. The Balaban J connectivity index is 3.87. The van der Waals surface area contributed by atoms with Crippen LogP contribution in [0, 0.1) is 0 Å². The van der Waals surface area contributed by atoms with E-state index in [-0.39, 0.29) is 6.54 Å². The second kappa shape index (κ2) is 4.30. The smallest absolute Gasteiger partial charge is 0.409 e. The third kappa shape index (κ3) is 4.96. The SMILES string of the molecule is CCOC(=O)N(C)CC(C)(C)O. The molecule has 0 radical (unpaired) electrons. The van der Waals surface area contributed by atoms with Crippen LogP contribution in [0.2, 0.25) is 0 Å². The van der Waals surface area contributed by atoms with Gasteiger partial charge in [0.05, 0.1) is 18.8 Å². The molecule has 4 heteroatoms. The van der Waals surface area contributed by atoms with E-state index in [0.29, 0.717) is 6.61 Å². The van der Waals surface area contributed by atoms with Crippen molar-refractivity contribution in [2.75, 3.05) is 20.2 Å². The largest absolute Gasteiger partial charge is 0.450 e. The molecular formula is C8H17NO3. The van der Waals surface area contributed by atoms with Gasteiger partial charge in [0.25, 0.3) is 0 Å². The Bertz CT molecular complexity index is 151. The molecular weight excluding hydrogens is 158 g/mol. The van der Waals surface area contributed by atoms with Gasteiger partial charge >= 0.3 is 6.09 Å². The zero-order chi connectivity index (χ0) is 9.78. The number of amides is 1. The molecule has 0 spiro atoms. The monoisotopic (exact) mass is 175 g/mol. The summed E-state index contributed by atoms with van der Waals surface area (Å²) in [7, 11) is 1.59. The predicted molar refractivity (Wildman–Crippen MR) is 45.9 cm³/mol. The molecule has 0 aromatic heterocycles. The number of rotatable bonds is 3. The Hall–Kier alpha value is -0.770. The predicted octanol–water partition coefficient (Wildman–Crippen LogP) is 0.846. The van der Waals surface area contributed by atoms with Crippen molar-refractivity contribution in [2.45, 2.75) is 26.4 Å². The van der Waals surface area contributed by atoms with Crippen molar-refractivity contribution in [1.82, 2.24) is 4.90 Å². The first-order valence-corrected chi connectivity index (χ1v) is 3.97. The van der Waals surface area contributed by atoms with Crippen molar-refractivity contribution in [3.05, 3.63) is 0 Å². The van der Waals surface area contributed by atoms with Crippen LogP contribution < -0.4 is 0 Å². The molecule has 1 amide bonds. The van der Waals surface area contributed by atoms with Crippen LogP contribution >= 0.6 is 0 Å². The molecule has 0 saturated carbocycles. The van der Waals surface area contributed by atoms with E-state index in [0.717, 1.165) is 0 Å². The summed E-state index contributed by atoms with van der Waals surface area (Å²) in [4.78, 5) is 12.4.